The minimum absolute atomic E-state index is 0.00934. The van der Waals surface area contributed by atoms with Crippen molar-refractivity contribution >= 4 is 28.9 Å². The Hall–Kier alpha value is -1.73. The average molecular weight is 321 g/mol. The highest BCUT2D eigenvalue weighted by atomic mass is 32.1. The smallest absolute Gasteiger partial charge is 0.245 e. The standard InChI is InChI=1S/C15H19N3O3S/c19-12(13-2-1-9-22-13)10-17-5-7-18(8-6-17)15(21)11-3-4-14(20)16-11/h1-2,9,11H,3-8,10H2,(H,16,20). The summed E-state index contributed by atoms with van der Waals surface area (Å²) >= 11 is 1.46. The number of carbonyl (C=O) groups is 3. The van der Waals surface area contributed by atoms with Crippen molar-refractivity contribution in [3.8, 4) is 0 Å². The molecule has 0 aromatic carbocycles. The number of nitrogens with zero attached hydrogens (tertiary/aromatic N) is 2. The molecule has 2 aliphatic rings. The Morgan fingerprint density at radius 1 is 1.27 bits per heavy atom. The lowest BCUT2D eigenvalue weighted by molar-refractivity contribution is -0.135. The first-order valence-electron chi connectivity index (χ1n) is 7.50. The number of hydrogen-bond acceptors (Lipinski definition) is 5. The van der Waals surface area contributed by atoms with E-state index in [9.17, 15) is 14.4 Å². The number of ketones is 1. The van der Waals surface area contributed by atoms with E-state index in [4.69, 9.17) is 0 Å². The number of thiophene rings is 1. The van der Waals surface area contributed by atoms with Crippen molar-refractivity contribution < 1.29 is 14.4 Å². The minimum Gasteiger partial charge on any atom is -0.344 e. The first-order valence-corrected chi connectivity index (χ1v) is 8.38. The van der Waals surface area contributed by atoms with Crippen molar-refractivity contribution in [2.45, 2.75) is 18.9 Å². The predicted molar refractivity (Wildman–Crippen MR) is 82.8 cm³/mol. The fourth-order valence-electron chi connectivity index (χ4n) is 2.86. The van der Waals surface area contributed by atoms with Crippen LogP contribution in [0.4, 0.5) is 0 Å². The molecule has 3 heterocycles. The largest absolute Gasteiger partial charge is 0.344 e. The van der Waals surface area contributed by atoms with E-state index in [1.807, 2.05) is 17.5 Å². The third-order valence-corrected chi connectivity index (χ3v) is 5.05. The Labute approximate surface area is 133 Å². The van der Waals surface area contributed by atoms with Gasteiger partial charge in [-0.05, 0) is 17.9 Å². The summed E-state index contributed by atoms with van der Waals surface area (Å²) in [4.78, 5) is 40.2. The maximum Gasteiger partial charge on any atom is 0.245 e. The van der Waals surface area contributed by atoms with Crippen molar-refractivity contribution in [1.29, 1.82) is 0 Å². The van der Waals surface area contributed by atoms with Gasteiger partial charge < -0.3 is 10.2 Å². The monoisotopic (exact) mass is 321 g/mol. The average Bonchev–Trinajstić information content (AvgIpc) is 3.18. The maximum atomic E-state index is 12.3. The van der Waals surface area contributed by atoms with E-state index >= 15 is 0 Å². The summed E-state index contributed by atoms with van der Waals surface area (Å²) in [5.41, 5.74) is 0. The van der Waals surface area contributed by atoms with Gasteiger partial charge in [-0.1, -0.05) is 6.07 Å². The number of piperazine rings is 1. The van der Waals surface area contributed by atoms with Gasteiger partial charge in [0.2, 0.25) is 11.8 Å². The summed E-state index contributed by atoms with van der Waals surface area (Å²) in [5, 5.41) is 4.62. The molecule has 1 aromatic rings. The second-order valence-corrected chi connectivity index (χ2v) is 6.61. The third kappa shape index (κ3) is 3.36. The quantitative estimate of drug-likeness (QED) is 0.813. The first-order chi connectivity index (χ1) is 10.6. The molecule has 0 aliphatic carbocycles. The highest BCUT2D eigenvalue weighted by molar-refractivity contribution is 7.12. The fraction of sp³-hybridized carbons (Fsp3) is 0.533. The van der Waals surface area contributed by atoms with Gasteiger partial charge in [0.05, 0.1) is 11.4 Å². The number of hydrogen-bond donors (Lipinski definition) is 1. The van der Waals surface area contributed by atoms with Crippen molar-refractivity contribution in [2.24, 2.45) is 0 Å². The van der Waals surface area contributed by atoms with Crippen molar-refractivity contribution in [3.05, 3.63) is 22.4 Å². The van der Waals surface area contributed by atoms with Crippen molar-refractivity contribution in [1.82, 2.24) is 15.1 Å². The van der Waals surface area contributed by atoms with E-state index in [0.717, 1.165) is 4.88 Å². The van der Waals surface area contributed by atoms with Crippen LogP contribution >= 0.6 is 11.3 Å². The molecule has 1 aromatic heterocycles. The number of nitrogens with one attached hydrogen (secondary N) is 1. The van der Waals surface area contributed by atoms with Crippen LogP contribution in [-0.4, -0.2) is 66.2 Å². The molecule has 2 amide bonds. The van der Waals surface area contributed by atoms with Crippen LogP contribution in [0.5, 0.6) is 0 Å². The topological polar surface area (TPSA) is 69.7 Å². The van der Waals surface area contributed by atoms with Gasteiger partial charge >= 0.3 is 0 Å². The van der Waals surface area contributed by atoms with Gasteiger partial charge in [-0.15, -0.1) is 11.3 Å². The van der Waals surface area contributed by atoms with E-state index < -0.39 is 0 Å². The van der Waals surface area contributed by atoms with Crippen LogP contribution in [0.1, 0.15) is 22.5 Å². The zero-order valence-electron chi connectivity index (χ0n) is 12.3. The number of carbonyl (C=O) groups excluding carboxylic acids is 3. The van der Waals surface area contributed by atoms with Crippen LogP contribution in [-0.2, 0) is 9.59 Å². The normalized spacial score (nSPS) is 22.6. The van der Waals surface area contributed by atoms with Gasteiger partial charge in [-0.25, -0.2) is 0 Å². The van der Waals surface area contributed by atoms with Crippen LogP contribution in [0, 0.1) is 0 Å². The lowest BCUT2D eigenvalue weighted by Crippen LogP contribution is -2.53. The minimum atomic E-state index is -0.355. The Morgan fingerprint density at radius 2 is 2.05 bits per heavy atom. The molecule has 1 atom stereocenters. The molecule has 1 N–H and O–H groups in total. The molecule has 0 saturated carbocycles. The summed E-state index contributed by atoms with van der Waals surface area (Å²) in [7, 11) is 0. The SMILES string of the molecule is O=C1CCC(C(=O)N2CCN(CC(=O)c3cccs3)CC2)N1. The fourth-order valence-corrected chi connectivity index (χ4v) is 3.52. The zero-order chi connectivity index (χ0) is 15.5. The summed E-state index contributed by atoms with van der Waals surface area (Å²) in [5.74, 6) is 0.103. The van der Waals surface area contributed by atoms with Crippen molar-refractivity contribution in [3.63, 3.8) is 0 Å². The van der Waals surface area contributed by atoms with E-state index in [1.54, 1.807) is 4.90 Å². The maximum absolute atomic E-state index is 12.3. The predicted octanol–water partition coefficient (Wildman–Crippen LogP) is 0.354. The van der Waals surface area contributed by atoms with Crippen LogP contribution in [0.15, 0.2) is 17.5 Å². The Morgan fingerprint density at radius 3 is 2.64 bits per heavy atom. The molecule has 0 spiro atoms. The molecule has 6 nitrogen and oxygen atoms in total. The molecular formula is C15H19N3O3S. The molecule has 2 fully saturated rings. The second kappa shape index (κ2) is 6.58. The Kier molecular flexibility index (Phi) is 4.54. The van der Waals surface area contributed by atoms with E-state index in [2.05, 4.69) is 10.2 Å². The molecule has 0 bridgehead atoms. The third-order valence-electron chi connectivity index (χ3n) is 4.14. The van der Waals surface area contributed by atoms with E-state index in [0.29, 0.717) is 45.6 Å². The van der Waals surface area contributed by atoms with Gasteiger partial charge in [0.25, 0.3) is 0 Å². The van der Waals surface area contributed by atoms with Crippen LogP contribution in [0.3, 0.4) is 0 Å². The van der Waals surface area contributed by atoms with Crippen LogP contribution in [0.25, 0.3) is 0 Å². The number of rotatable bonds is 4. The zero-order valence-corrected chi connectivity index (χ0v) is 13.1. The van der Waals surface area contributed by atoms with Gasteiger partial charge in [0.15, 0.2) is 5.78 Å². The van der Waals surface area contributed by atoms with Gasteiger partial charge in [-0.3, -0.25) is 19.3 Å². The highest BCUT2D eigenvalue weighted by Gasteiger charge is 2.32. The highest BCUT2D eigenvalue weighted by Crippen LogP contribution is 2.14. The summed E-state index contributed by atoms with van der Waals surface area (Å²) in [6.07, 6.45) is 1.03. The Balaban J connectivity index is 1.47. The molecule has 0 radical (unpaired) electrons. The van der Waals surface area contributed by atoms with Gasteiger partial charge in [-0.2, -0.15) is 0 Å². The number of amides is 2. The second-order valence-electron chi connectivity index (χ2n) is 5.66. The van der Waals surface area contributed by atoms with E-state index in [-0.39, 0.29) is 23.6 Å². The van der Waals surface area contributed by atoms with Gasteiger partial charge in [0.1, 0.15) is 6.04 Å². The van der Waals surface area contributed by atoms with Crippen molar-refractivity contribution in [2.75, 3.05) is 32.7 Å². The van der Waals surface area contributed by atoms with Gasteiger partial charge in [0, 0.05) is 32.6 Å². The summed E-state index contributed by atoms with van der Waals surface area (Å²) in [6, 6.07) is 3.37. The summed E-state index contributed by atoms with van der Waals surface area (Å²) < 4.78 is 0. The molecule has 3 rings (SSSR count). The molecular weight excluding hydrogens is 302 g/mol. The lowest BCUT2D eigenvalue weighted by Gasteiger charge is -2.35. The molecule has 22 heavy (non-hydrogen) atoms. The van der Waals surface area contributed by atoms with E-state index in [1.165, 1.54) is 11.3 Å². The first kappa shape index (κ1) is 15.2. The molecule has 7 heteroatoms. The molecule has 2 saturated heterocycles. The van der Waals surface area contributed by atoms with Crippen LogP contribution < -0.4 is 5.32 Å². The molecule has 2 aliphatic heterocycles. The number of Topliss-reactive ketones (excluding diaryl/α,β-unsaturated/α-hetero) is 1. The molecule has 118 valence electrons. The lowest BCUT2D eigenvalue weighted by atomic mass is 10.2. The summed E-state index contributed by atoms with van der Waals surface area (Å²) in [6.45, 7) is 3.03. The Bertz CT molecular complexity index is 565. The molecule has 1 unspecified atom stereocenters. The van der Waals surface area contributed by atoms with Crippen LogP contribution in [0.2, 0.25) is 0 Å².